The van der Waals surface area contributed by atoms with E-state index in [9.17, 15) is 13.2 Å². The van der Waals surface area contributed by atoms with Crippen LogP contribution in [0.25, 0.3) is 0 Å². The minimum absolute atomic E-state index is 0.283. The van der Waals surface area contributed by atoms with Gasteiger partial charge < -0.3 is 14.8 Å². The summed E-state index contributed by atoms with van der Waals surface area (Å²) in [4.78, 5) is 12.6. The lowest BCUT2D eigenvalue weighted by atomic mass is 10.1. The first kappa shape index (κ1) is 20.7. The Morgan fingerprint density at radius 2 is 1.85 bits per heavy atom. The number of rotatable bonds is 9. The van der Waals surface area contributed by atoms with Crippen LogP contribution in [-0.2, 0) is 14.8 Å². The van der Waals surface area contributed by atoms with Crippen LogP contribution in [0.4, 0.5) is 5.69 Å². The smallest absolute Gasteiger partial charge is 0.251 e. The van der Waals surface area contributed by atoms with Crippen LogP contribution in [0.15, 0.2) is 48.5 Å². The molecule has 1 unspecified atom stereocenters. The van der Waals surface area contributed by atoms with Crippen LogP contribution in [0.1, 0.15) is 28.9 Å². The third kappa shape index (κ3) is 6.58. The molecule has 27 heavy (non-hydrogen) atoms. The quantitative estimate of drug-likeness (QED) is 0.640. The van der Waals surface area contributed by atoms with Crippen LogP contribution in [0.3, 0.4) is 0 Å². The molecule has 2 aromatic carbocycles. The third-order valence-electron chi connectivity index (χ3n) is 3.72. The predicted molar refractivity (Wildman–Crippen MR) is 105 cm³/mol. The standard InChI is InChI=1S/C19H24N2O5S/c1-14(17-9-4-5-10-18(17)21-27(3,23)24)20-19(22)15-7-6-8-16(13-15)26-12-11-25-2/h4-10,13-14,21H,11-12H2,1-3H3,(H,20,22). The number of nitrogens with one attached hydrogen (secondary N) is 2. The Bertz CT molecular complexity index is 883. The van der Waals surface area contributed by atoms with Gasteiger partial charge in [-0.2, -0.15) is 0 Å². The van der Waals surface area contributed by atoms with E-state index in [1.54, 1.807) is 62.6 Å². The number of sulfonamides is 1. The molecule has 146 valence electrons. The predicted octanol–water partition coefficient (Wildman–Crippen LogP) is 2.57. The van der Waals surface area contributed by atoms with E-state index in [0.717, 1.165) is 6.26 Å². The molecule has 0 aromatic heterocycles. The highest BCUT2D eigenvalue weighted by Crippen LogP contribution is 2.24. The van der Waals surface area contributed by atoms with Crippen molar-refractivity contribution in [3.05, 3.63) is 59.7 Å². The van der Waals surface area contributed by atoms with E-state index in [0.29, 0.717) is 35.8 Å². The van der Waals surface area contributed by atoms with Crippen LogP contribution in [0, 0.1) is 0 Å². The summed E-state index contributed by atoms with van der Waals surface area (Å²) in [5.41, 5.74) is 1.55. The first-order valence-electron chi connectivity index (χ1n) is 8.39. The molecule has 0 aliphatic carbocycles. The van der Waals surface area contributed by atoms with E-state index in [-0.39, 0.29) is 5.91 Å². The summed E-state index contributed by atoms with van der Waals surface area (Å²) in [6.07, 6.45) is 1.09. The van der Waals surface area contributed by atoms with Crippen molar-refractivity contribution in [2.75, 3.05) is 31.3 Å². The average molecular weight is 392 g/mol. The number of benzene rings is 2. The van der Waals surface area contributed by atoms with Gasteiger partial charge in [0.25, 0.3) is 5.91 Å². The molecule has 0 bridgehead atoms. The summed E-state index contributed by atoms with van der Waals surface area (Å²) < 4.78 is 36.0. The fourth-order valence-corrected chi connectivity index (χ4v) is 3.08. The van der Waals surface area contributed by atoms with E-state index in [1.165, 1.54) is 0 Å². The lowest BCUT2D eigenvalue weighted by Gasteiger charge is -2.18. The summed E-state index contributed by atoms with van der Waals surface area (Å²) in [7, 11) is -1.83. The molecule has 2 rings (SSSR count). The lowest BCUT2D eigenvalue weighted by molar-refractivity contribution is 0.0939. The molecule has 0 fully saturated rings. The fraction of sp³-hybridized carbons (Fsp3) is 0.316. The molecular formula is C19H24N2O5S. The molecule has 1 atom stereocenters. The van der Waals surface area contributed by atoms with Crippen molar-refractivity contribution in [3.63, 3.8) is 0 Å². The molecule has 0 aliphatic heterocycles. The van der Waals surface area contributed by atoms with Gasteiger partial charge in [0.1, 0.15) is 12.4 Å². The average Bonchev–Trinajstić information content (AvgIpc) is 2.61. The highest BCUT2D eigenvalue weighted by Gasteiger charge is 2.16. The number of carbonyl (C=O) groups is 1. The molecular weight excluding hydrogens is 368 g/mol. The van der Waals surface area contributed by atoms with Crippen LogP contribution < -0.4 is 14.8 Å². The highest BCUT2D eigenvalue weighted by atomic mass is 32.2. The van der Waals surface area contributed by atoms with Crippen molar-refractivity contribution >= 4 is 21.6 Å². The van der Waals surface area contributed by atoms with Crippen molar-refractivity contribution in [3.8, 4) is 5.75 Å². The van der Waals surface area contributed by atoms with E-state index in [4.69, 9.17) is 9.47 Å². The molecule has 0 aliphatic rings. The Morgan fingerprint density at radius 3 is 2.56 bits per heavy atom. The minimum Gasteiger partial charge on any atom is -0.491 e. The number of para-hydroxylation sites is 1. The van der Waals surface area contributed by atoms with Crippen molar-refractivity contribution < 1.29 is 22.7 Å². The van der Waals surface area contributed by atoms with E-state index < -0.39 is 16.1 Å². The number of anilines is 1. The maximum Gasteiger partial charge on any atom is 0.251 e. The highest BCUT2D eigenvalue weighted by molar-refractivity contribution is 7.92. The van der Waals surface area contributed by atoms with Crippen molar-refractivity contribution in [2.45, 2.75) is 13.0 Å². The lowest BCUT2D eigenvalue weighted by Crippen LogP contribution is -2.27. The van der Waals surface area contributed by atoms with Gasteiger partial charge in [-0.3, -0.25) is 9.52 Å². The number of carbonyl (C=O) groups excluding carboxylic acids is 1. The normalized spacial score (nSPS) is 12.3. The summed E-state index contributed by atoms with van der Waals surface area (Å²) in [5, 5.41) is 2.88. The van der Waals surface area contributed by atoms with Gasteiger partial charge in [0, 0.05) is 12.7 Å². The maximum absolute atomic E-state index is 12.6. The minimum atomic E-state index is -3.42. The monoisotopic (exact) mass is 392 g/mol. The van der Waals surface area contributed by atoms with E-state index >= 15 is 0 Å². The summed E-state index contributed by atoms with van der Waals surface area (Å²) in [6.45, 7) is 2.64. The number of hydrogen-bond donors (Lipinski definition) is 2. The maximum atomic E-state index is 12.6. The summed E-state index contributed by atoms with van der Waals surface area (Å²) in [6, 6.07) is 13.4. The Hall–Kier alpha value is -2.58. The van der Waals surface area contributed by atoms with Crippen LogP contribution in [0.2, 0.25) is 0 Å². The van der Waals surface area contributed by atoms with Gasteiger partial charge in [-0.15, -0.1) is 0 Å². The van der Waals surface area contributed by atoms with E-state index in [2.05, 4.69) is 10.0 Å². The van der Waals surface area contributed by atoms with Gasteiger partial charge in [-0.25, -0.2) is 8.42 Å². The zero-order valence-corrected chi connectivity index (χ0v) is 16.4. The Labute approximate surface area is 159 Å². The molecule has 0 heterocycles. The Morgan fingerprint density at radius 1 is 1.11 bits per heavy atom. The second-order valence-corrected chi connectivity index (χ2v) is 7.77. The molecule has 2 aromatic rings. The van der Waals surface area contributed by atoms with Crippen LogP contribution in [-0.4, -0.2) is 40.9 Å². The SMILES string of the molecule is COCCOc1cccc(C(=O)NC(C)c2ccccc2NS(C)(=O)=O)c1. The number of hydrogen-bond acceptors (Lipinski definition) is 5. The van der Waals surface area contributed by atoms with Crippen molar-refractivity contribution in [2.24, 2.45) is 0 Å². The number of ether oxygens (including phenoxy) is 2. The topological polar surface area (TPSA) is 93.7 Å². The van der Waals surface area contributed by atoms with Gasteiger partial charge in [-0.1, -0.05) is 24.3 Å². The summed E-state index contributed by atoms with van der Waals surface area (Å²) >= 11 is 0. The van der Waals surface area contributed by atoms with Crippen molar-refractivity contribution in [1.29, 1.82) is 0 Å². The zero-order chi connectivity index (χ0) is 19.9. The van der Waals surface area contributed by atoms with Crippen molar-refractivity contribution in [1.82, 2.24) is 5.32 Å². The molecule has 0 spiro atoms. The Kier molecular flexibility index (Phi) is 7.20. The molecule has 1 amide bonds. The van der Waals surface area contributed by atoms with Crippen LogP contribution >= 0.6 is 0 Å². The largest absolute Gasteiger partial charge is 0.491 e. The molecule has 8 heteroatoms. The number of methoxy groups -OCH3 is 1. The van der Waals surface area contributed by atoms with Gasteiger partial charge in [0.2, 0.25) is 10.0 Å². The van der Waals surface area contributed by atoms with Gasteiger partial charge in [-0.05, 0) is 36.8 Å². The molecule has 7 nitrogen and oxygen atoms in total. The second kappa shape index (κ2) is 9.38. The first-order valence-corrected chi connectivity index (χ1v) is 10.3. The molecule has 0 radical (unpaired) electrons. The molecule has 0 saturated heterocycles. The number of amides is 1. The zero-order valence-electron chi connectivity index (χ0n) is 15.6. The second-order valence-electron chi connectivity index (χ2n) is 6.03. The molecule has 0 saturated carbocycles. The van der Waals surface area contributed by atoms with E-state index in [1.807, 2.05) is 0 Å². The van der Waals surface area contributed by atoms with Gasteiger partial charge in [0.05, 0.1) is 24.6 Å². The third-order valence-corrected chi connectivity index (χ3v) is 4.31. The Balaban J connectivity index is 2.11. The fourth-order valence-electron chi connectivity index (χ4n) is 2.49. The summed E-state index contributed by atoms with van der Waals surface area (Å²) in [5.74, 6) is 0.292. The first-order chi connectivity index (χ1) is 12.8. The van der Waals surface area contributed by atoms with Crippen LogP contribution in [0.5, 0.6) is 5.75 Å². The molecule has 2 N–H and O–H groups in total. The van der Waals surface area contributed by atoms with Gasteiger partial charge >= 0.3 is 0 Å². The van der Waals surface area contributed by atoms with Gasteiger partial charge in [0.15, 0.2) is 0 Å².